The Kier molecular flexibility index (Phi) is 7.42. The van der Waals surface area contributed by atoms with Gasteiger partial charge >= 0.3 is 0 Å². The van der Waals surface area contributed by atoms with E-state index in [2.05, 4.69) is 66.5 Å². The van der Waals surface area contributed by atoms with Crippen LogP contribution in [0.15, 0.2) is 54.6 Å². The molecule has 1 saturated carbocycles. The first-order chi connectivity index (χ1) is 12.6. The molecule has 0 aliphatic heterocycles. The molecule has 0 radical (unpaired) electrons. The highest BCUT2D eigenvalue weighted by atomic mass is 35.5. The zero-order valence-electron chi connectivity index (χ0n) is 15.6. The molecule has 1 nitrogen and oxygen atoms in total. The van der Waals surface area contributed by atoms with E-state index >= 15 is 0 Å². The Morgan fingerprint density at radius 3 is 2.19 bits per heavy atom. The van der Waals surface area contributed by atoms with Crippen LogP contribution in [0.4, 0.5) is 0 Å². The van der Waals surface area contributed by atoms with Gasteiger partial charge in [0.05, 0.1) is 0 Å². The Bertz CT molecular complexity index is 646. The maximum atomic E-state index is 6.55. The number of nitrogens with zero attached hydrogens (tertiary/aromatic N) is 1. The SMILES string of the molecule is CN(CCCc1ccc(C2C(Cl)CCCC2Cl)cc1)Cc1ccccc1. The summed E-state index contributed by atoms with van der Waals surface area (Å²) >= 11 is 13.1. The Labute approximate surface area is 168 Å². The lowest BCUT2D eigenvalue weighted by atomic mass is 9.83. The summed E-state index contributed by atoms with van der Waals surface area (Å²) in [5.41, 5.74) is 4.07. The average Bonchev–Trinajstić information content (AvgIpc) is 2.64. The van der Waals surface area contributed by atoms with Crippen molar-refractivity contribution in [3.8, 4) is 0 Å². The van der Waals surface area contributed by atoms with Crippen LogP contribution in [-0.4, -0.2) is 29.2 Å². The van der Waals surface area contributed by atoms with E-state index in [1.165, 1.54) is 23.1 Å². The molecule has 0 amide bonds. The summed E-state index contributed by atoms with van der Waals surface area (Å²) < 4.78 is 0. The van der Waals surface area contributed by atoms with Crippen LogP contribution in [-0.2, 0) is 13.0 Å². The summed E-state index contributed by atoms with van der Waals surface area (Å²) in [6.07, 6.45) is 5.57. The number of hydrogen-bond donors (Lipinski definition) is 0. The van der Waals surface area contributed by atoms with Crippen LogP contribution in [0.5, 0.6) is 0 Å². The molecule has 2 aromatic carbocycles. The standard InChI is InChI=1S/C23H29Cl2N/c1-26(17-19-7-3-2-4-8-19)16-6-9-18-12-14-20(15-13-18)23-21(24)10-5-11-22(23)25/h2-4,7-8,12-15,21-23H,5-6,9-11,16-17H2,1H3. The molecule has 0 spiro atoms. The third-order valence-corrected chi connectivity index (χ3v) is 6.38. The van der Waals surface area contributed by atoms with Gasteiger partial charge in [0.2, 0.25) is 0 Å². The van der Waals surface area contributed by atoms with E-state index in [4.69, 9.17) is 23.2 Å². The van der Waals surface area contributed by atoms with Crippen LogP contribution >= 0.6 is 23.2 Å². The zero-order chi connectivity index (χ0) is 18.4. The van der Waals surface area contributed by atoms with Crippen molar-refractivity contribution in [2.24, 2.45) is 0 Å². The number of rotatable bonds is 7. The fourth-order valence-corrected chi connectivity index (χ4v) is 4.97. The Morgan fingerprint density at radius 1 is 0.885 bits per heavy atom. The molecule has 1 aliphatic rings. The molecule has 1 fully saturated rings. The van der Waals surface area contributed by atoms with E-state index in [9.17, 15) is 0 Å². The molecule has 2 unspecified atom stereocenters. The van der Waals surface area contributed by atoms with Crippen molar-refractivity contribution in [1.29, 1.82) is 0 Å². The highest BCUT2D eigenvalue weighted by Crippen LogP contribution is 2.39. The third-order valence-electron chi connectivity index (χ3n) is 5.40. The predicted octanol–water partition coefficient (Wildman–Crippen LogP) is 6.23. The number of benzene rings is 2. The molecule has 0 saturated heterocycles. The molecule has 2 atom stereocenters. The van der Waals surface area contributed by atoms with Gasteiger partial charge in [-0.25, -0.2) is 0 Å². The Balaban J connectivity index is 1.47. The van der Waals surface area contributed by atoms with Crippen molar-refractivity contribution >= 4 is 23.2 Å². The van der Waals surface area contributed by atoms with Gasteiger partial charge in [0.1, 0.15) is 0 Å². The van der Waals surface area contributed by atoms with E-state index in [0.29, 0.717) is 0 Å². The first-order valence-electron chi connectivity index (χ1n) is 9.73. The Morgan fingerprint density at radius 2 is 1.54 bits per heavy atom. The maximum Gasteiger partial charge on any atom is 0.0418 e. The lowest BCUT2D eigenvalue weighted by Gasteiger charge is -2.32. The normalized spacial score (nSPS) is 23.3. The molecular weight excluding hydrogens is 361 g/mol. The molecule has 0 aromatic heterocycles. The van der Waals surface area contributed by atoms with E-state index < -0.39 is 0 Å². The van der Waals surface area contributed by atoms with Gasteiger partial charge in [0, 0.05) is 23.2 Å². The fraction of sp³-hybridized carbons (Fsp3) is 0.478. The summed E-state index contributed by atoms with van der Waals surface area (Å²) in [4.78, 5) is 2.39. The first kappa shape index (κ1) is 19.7. The maximum absolute atomic E-state index is 6.55. The average molecular weight is 390 g/mol. The van der Waals surface area contributed by atoms with Gasteiger partial charge in [-0.15, -0.1) is 23.2 Å². The van der Waals surface area contributed by atoms with Gasteiger partial charge in [-0.05, 0) is 56.0 Å². The van der Waals surface area contributed by atoms with Crippen LogP contribution in [0.1, 0.15) is 48.3 Å². The minimum Gasteiger partial charge on any atom is -0.302 e. The summed E-state index contributed by atoms with van der Waals surface area (Å²) in [5, 5.41) is 0.340. The van der Waals surface area contributed by atoms with Crippen LogP contribution in [0, 0.1) is 0 Å². The number of hydrogen-bond acceptors (Lipinski definition) is 1. The quantitative estimate of drug-likeness (QED) is 0.506. The predicted molar refractivity (Wildman–Crippen MR) is 113 cm³/mol. The second-order valence-electron chi connectivity index (χ2n) is 7.56. The summed E-state index contributed by atoms with van der Waals surface area (Å²) in [7, 11) is 2.19. The topological polar surface area (TPSA) is 3.24 Å². The van der Waals surface area contributed by atoms with Gasteiger partial charge in [-0.2, -0.15) is 0 Å². The second kappa shape index (κ2) is 9.78. The summed E-state index contributed by atoms with van der Waals surface area (Å²) in [5.74, 6) is 0.290. The minimum absolute atomic E-state index is 0.170. The molecule has 2 aromatic rings. The molecule has 0 bridgehead atoms. The first-order valence-corrected chi connectivity index (χ1v) is 10.6. The molecule has 26 heavy (non-hydrogen) atoms. The van der Waals surface area contributed by atoms with E-state index in [0.717, 1.165) is 38.8 Å². The Hall–Kier alpha value is -1.02. The fourth-order valence-electron chi connectivity index (χ4n) is 3.94. The highest BCUT2D eigenvalue weighted by Gasteiger charge is 2.31. The third kappa shape index (κ3) is 5.49. The summed E-state index contributed by atoms with van der Waals surface area (Å²) in [6, 6.07) is 19.7. The lowest BCUT2D eigenvalue weighted by molar-refractivity contribution is 0.322. The van der Waals surface area contributed by atoms with Crippen molar-refractivity contribution in [3.05, 3.63) is 71.3 Å². The smallest absolute Gasteiger partial charge is 0.0418 e. The van der Waals surface area contributed by atoms with Gasteiger partial charge in [-0.1, -0.05) is 61.0 Å². The van der Waals surface area contributed by atoms with Crippen LogP contribution in [0.3, 0.4) is 0 Å². The minimum atomic E-state index is 0.170. The van der Waals surface area contributed by atoms with Gasteiger partial charge < -0.3 is 4.90 Å². The van der Waals surface area contributed by atoms with E-state index in [-0.39, 0.29) is 16.7 Å². The number of alkyl halides is 2. The van der Waals surface area contributed by atoms with Crippen molar-refractivity contribution < 1.29 is 0 Å². The summed E-state index contributed by atoms with van der Waals surface area (Å²) in [6.45, 7) is 2.11. The van der Waals surface area contributed by atoms with Crippen molar-refractivity contribution in [2.75, 3.05) is 13.6 Å². The van der Waals surface area contributed by atoms with E-state index in [1.807, 2.05) is 0 Å². The van der Waals surface area contributed by atoms with Gasteiger partial charge in [0.25, 0.3) is 0 Å². The molecule has 3 rings (SSSR count). The monoisotopic (exact) mass is 389 g/mol. The van der Waals surface area contributed by atoms with Crippen LogP contribution in [0.2, 0.25) is 0 Å². The lowest BCUT2D eigenvalue weighted by Crippen LogP contribution is -2.27. The van der Waals surface area contributed by atoms with Gasteiger partial charge in [0.15, 0.2) is 0 Å². The number of halogens is 2. The molecule has 0 N–H and O–H groups in total. The molecular formula is C23H29Cl2N. The highest BCUT2D eigenvalue weighted by molar-refractivity contribution is 6.24. The number of aryl methyl sites for hydroxylation is 1. The molecule has 1 aliphatic carbocycles. The molecule has 3 heteroatoms. The largest absolute Gasteiger partial charge is 0.302 e. The van der Waals surface area contributed by atoms with E-state index in [1.54, 1.807) is 0 Å². The zero-order valence-corrected chi connectivity index (χ0v) is 17.1. The van der Waals surface area contributed by atoms with Crippen LogP contribution in [0.25, 0.3) is 0 Å². The van der Waals surface area contributed by atoms with Gasteiger partial charge in [-0.3, -0.25) is 0 Å². The van der Waals surface area contributed by atoms with Crippen LogP contribution < -0.4 is 0 Å². The second-order valence-corrected chi connectivity index (χ2v) is 8.68. The molecule has 0 heterocycles. The van der Waals surface area contributed by atoms with Crippen molar-refractivity contribution in [1.82, 2.24) is 4.90 Å². The molecule has 140 valence electrons. The van der Waals surface area contributed by atoms with Crippen molar-refractivity contribution in [3.63, 3.8) is 0 Å². The van der Waals surface area contributed by atoms with Crippen molar-refractivity contribution in [2.45, 2.75) is 55.3 Å².